The van der Waals surface area contributed by atoms with Crippen LogP contribution < -0.4 is 0 Å². The van der Waals surface area contributed by atoms with Crippen LogP contribution >= 0.6 is 0 Å². The topological polar surface area (TPSA) is 51.8 Å². The van der Waals surface area contributed by atoms with Crippen molar-refractivity contribution < 1.29 is 24.5 Å². The maximum absolute atomic E-state index is 5.83. The molecule has 0 aliphatic carbocycles. The molecule has 0 saturated carbocycles. The van der Waals surface area contributed by atoms with Crippen molar-refractivity contribution in [3.05, 3.63) is 174 Å². The Morgan fingerprint density at radius 2 is 1.36 bits per heavy atom. The van der Waals surface area contributed by atoms with Gasteiger partial charge in [-0.25, -0.2) is 0 Å². The van der Waals surface area contributed by atoms with E-state index >= 15 is 0 Å². The summed E-state index contributed by atoms with van der Waals surface area (Å²) in [4.78, 5) is 14.4. The van der Waals surface area contributed by atoms with E-state index in [1.165, 1.54) is 49.7 Å². The Hall–Kier alpha value is -5.74. The first-order chi connectivity index (χ1) is 26.5. The zero-order valence-corrected chi connectivity index (χ0v) is 35.2. The standard InChI is InChI=1S/C36H27N2O.C15H16N.Ir/c1-36(2,3)33-17-15-30-31(21-26-18-19-39-35(26)34(30)38-33)32-16-13-27(22-37-32)28-11-7-10-25-20-24(12-14-29(25)28)23-8-5-4-6-9-23;1-10-5-6-14(7-11(10)2)15-8-12(3)13(4)9-16-15;/h4-20,22H,1-3H3;5,7-9H,1-4H3;/q2*-1;. The Morgan fingerprint density at radius 1 is 0.607 bits per heavy atom. The average Bonchev–Trinajstić information content (AvgIpc) is 3.69. The van der Waals surface area contributed by atoms with Crippen molar-refractivity contribution >= 4 is 32.6 Å². The van der Waals surface area contributed by atoms with Crippen LogP contribution in [0.25, 0.3) is 77.4 Å². The molecule has 4 heterocycles. The summed E-state index contributed by atoms with van der Waals surface area (Å²) >= 11 is 0. The number of hydrogen-bond donors (Lipinski definition) is 0. The molecule has 5 aromatic carbocycles. The summed E-state index contributed by atoms with van der Waals surface area (Å²) in [6.07, 6.45) is 5.59. The Labute approximate surface area is 343 Å². The van der Waals surface area contributed by atoms with E-state index in [0.717, 1.165) is 55.6 Å². The van der Waals surface area contributed by atoms with Crippen molar-refractivity contribution in [2.45, 2.75) is 53.9 Å². The third-order valence-corrected chi connectivity index (χ3v) is 10.5. The van der Waals surface area contributed by atoms with Gasteiger partial charge < -0.3 is 9.40 Å². The Balaban J connectivity index is 0.000000238. The first kappa shape index (κ1) is 38.5. The molecule has 0 aliphatic rings. The molecular weight excluding hydrogens is 863 g/mol. The Kier molecular flexibility index (Phi) is 10.9. The van der Waals surface area contributed by atoms with E-state index in [4.69, 9.17) is 14.4 Å². The first-order valence-electron chi connectivity index (χ1n) is 18.7. The van der Waals surface area contributed by atoms with Gasteiger partial charge in [0.2, 0.25) is 0 Å². The van der Waals surface area contributed by atoms with Crippen LogP contribution in [0.3, 0.4) is 0 Å². The van der Waals surface area contributed by atoms with Gasteiger partial charge in [0.15, 0.2) is 0 Å². The number of aryl methyl sites for hydroxylation is 4. The van der Waals surface area contributed by atoms with Crippen LogP contribution in [0.5, 0.6) is 0 Å². The summed E-state index contributed by atoms with van der Waals surface area (Å²) in [6.45, 7) is 14.9. The molecule has 0 atom stereocenters. The van der Waals surface area contributed by atoms with Crippen LogP contribution in [-0.2, 0) is 25.5 Å². The summed E-state index contributed by atoms with van der Waals surface area (Å²) in [5, 5.41) is 4.32. The monoisotopic (exact) mass is 906 g/mol. The molecule has 0 saturated heterocycles. The Bertz CT molecular complexity index is 2780. The Morgan fingerprint density at radius 3 is 2.09 bits per heavy atom. The van der Waals surface area contributed by atoms with Gasteiger partial charge in [-0.15, -0.1) is 41.0 Å². The molecule has 0 unspecified atom stereocenters. The molecule has 0 fully saturated rings. The van der Waals surface area contributed by atoms with Crippen molar-refractivity contribution in [2.75, 3.05) is 0 Å². The quantitative estimate of drug-likeness (QED) is 0.165. The van der Waals surface area contributed by atoms with Crippen LogP contribution in [-0.4, -0.2) is 15.0 Å². The maximum atomic E-state index is 5.83. The summed E-state index contributed by atoms with van der Waals surface area (Å²) in [7, 11) is 0. The molecule has 279 valence electrons. The fourth-order valence-electron chi connectivity index (χ4n) is 6.88. The number of fused-ring (bicyclic) bond motifs is 4. The van der Waals surface area contributed by atoms with Gasteiger partial charge in [0.25, 0.3) is 0 Å². The molecule has 0 N–H and O–H groups in total. The number of nitrogens with zero attached hydrogens (tertiary/aromatic N) is 3. The SMILES string of the molecule is CC(C)(C)c1ccc2c(-c3ccc(-c4cccc5cc(-c6ccccc6)ccc45)cn3)[c-]c3ccoc3c2n1.Cc1c[c-]c(-c2cc(C)c(C)cn2)cc1C.[Ir]. The van der Waals surface area contributed by atoms with Gasteiger partial charge in [-0.3, -0.25) is 9.97 Å². The summed E-state index contributed by atoms with van der Waals surface area (Å²) < 4.78 is 5.83. The molecule has 4 aromatic heterocycles. The molecule has 1 radical (unpaired) electrons. The molecule has 0 amide bonds. The molecule has 0 bridgehead atoms. The molecule has 9 aromatic rings. The predicted octanol–water partition coefficient (Wildman–Crippen LogP) is 13.4. The number of pyridine rings is 3. The van der Waals surface area contributed by atoms with E-state index in [2.05, 4.69) is 163 Å². The van der Waals surface area contributed by atoms with Gasteiger partial charge in [0, 0.05) is 61.1 Å². The van der Waals surface area contributed by atoms with Crippen molar-refractivity contribution in [1.82, 2.24) is 15.0 Å². The number of hydrogen-bond acceptors (Lipinski definition) is 4. The minimum absolute atomic E-state index is 0. The molecule has 0 aliphatic heterocycles. The minimum Gasteiger partial charge on any atom is -0.506 e. The van der Waals surface area contributed by atoms with E-state index < -0.39 is 0 Å². The van der Waals surface area contributed by atoms with Gasteiger partial charge >= 0.3 is 0 Å². The van der Waals surface area contributed by atoms with E-state index in [0.29, 0.717) is 0 Å². The molecule has 9 rings (SSSR count). The molecule has 5 heteroatoms. The normalized spacial score (nSPS) is 11.3. The summed E-state index contributed by atoms with van der Waals surface area (Å²) in [6, 6.07) is 47.1. The minimum atomic E-state index is -0.0625. The van der Waals surface area contributed by atoms with E-state index in [1.54, 1.807) is 6.26 Å². The van der Waals surface area contributed by atoms with Crippen LogP contribution in [0.1, 0.15) is 48.7 Å². The maximum Gasteiger partial charge on any atom is 0.0847 e. The van der Waals surface area contributed by atoms with Crippen LogP contribution in [0.4, 0.5) is 0 Å². The largest absolute Gasteiger partial charge is 0.506 e. The second-order valence-corrected chi connectivity index (χ2v) is 15.4. The summed E-state index contributed by atoms with van der Waals surface area (Å²) in [5.74, 6) is 0. The summed E-state index contributed by atoms with van der Waals surface area (Å²) in [5.41, 5.74) is 16.2. The zero-order chi connectivity index (χ0) is 38.3. The van der Waals surface area contributed by atoms with Crippen LogP contribution in [0.15, 0.2) is 138 Å². The number of aromatic nitrogens is 3. The fraction of sp³-hybridized carbons (Fsp3) is 0.157. The van der Waals surface area contributed by atoms with Gasteiger partial charge in [-0.05, 0) is 70.3 Å². The average molecular weight is 906 g/mol. The second-order valence-electron chi connectivity index (χ2n) is 15.4. The van der Waals surface area contributed by atoms with Gasteiger partial charge in [0.1, 0.15) is 0 Å². The smallest absolute Gasteiger partial charge is 0.0847 e. The third-order valence-electron chi connectivity index (χ3n) is 10.5. The zero-order valence-electron chi connectivity index (χ0n) is 32.8. The molecule has 4 nitrogen and oxygen atoms in total. The van der Waals surface area contributed by atoms with Gasteiger partial charge in [-0.1, -0.05) is 148 Å². The van der Waals surface area contributed by atoms with Crippen LogP contribution in [0.2, 0.25) is 0 Å². The first-order valence-corrected chi connectivity index (χ1v) is 18.7. The van der Waals surface area contributed by atoms with Gasteiger partial charge in [0.05, 0.1) is 5.58 Å². The van der Waals surface area contributed by atoms with E-state index in [1.807, 2.05) is 30.6 Å². The van der Waals surface area contributed by atoms with E-state index in [-0.39, 0.29) is 25.5 Å². The van der Waals surface area contributed by atoms with Crippen molar-refractivity contribution in [1.29, 1.82) is 0 Å². The predicted molar refractivity (Wildman–Crippen MR) is 228 cm³/mol. The number of benzene rings is 5. The second kappa shape index (κ2) is 15.8. The number of furan rings is 1. The third kappa shape index (κ3) is 7.71. The van der Waals surface area contributed by atoms with Crippen LogP contribution in [0, 0.1) is 39.8 Å². The van der Waals surface area contributed by atoms with E-state index in [9.17, 15) is 0 Å². The van der Waals surface area contributed by atoms with Crippen molar-refractivity contribution in [3.63, 3.8) is 0 Å². The number of rotatable bonds is 4. The van der Waals surface area contributed by atoms with Gasteiger partial charge in [-0.2, -0.15) is 0 Å². The van der Waals surface area contributed by atoms with Crippen molar-refractivity contribution in [3.8, 4) is 44.8 Å². The molecule has 56 heavy (non-hydrogen) atoms. The fourth-order valence-corrected chi connectivity index (χ4v) is 6.88. The van der Waals surface area contributed by atoms with Crippen molar-refractivity contribution in [2.24, 2.45) is 0 Å². The molecule has 0 spiro atoms. The molecular formula is C51H43IrN3O-2.